The molecule has 24 heavy (non-hydrogen) atoms. The highest BCUT2D eigenvalue weighted by Crippen LogP contribution is 2.28. The molecule has 0 aliphatic heterocycles. The van der Waals surface area contributed by atoms with Crippen LogP contribution in [0, 0.1) is 18.2 Å². The molecule has 1 aromatic heterocycles. The average Bonchev–Trinajstić information content (AvgIpc) is 2.52. The Hall–Kier alpha value is -2.78. The maximum absolute atomic E-state index is 13.6. The van der Waals surface area contributed by atoms with E-state index in [1.54, 1.807) is 0 Å². The Morgan fingerprint density at radius 3 is 2.58 bits per heavy atom. The Labute approximate surface area is 143 Å². The van der Waals surface area contributed by atoms with Crippen LogP contribution < -0.4 is 9.47 Å². The Morgan fingerprint density at radius 2 is 2.04 bits per heavy atom. The molecule has 1 atom stereocenters. The molecule has 0 saturated heterocycles. The number of halogens is 2. The summed E-state index contributed by atoms with van der Waals surface area (Å²) in [6.07, 6.45) is 6.34. The third kappa shape index (κ3) is 4.15. The number of ether oxygens (including phenoxy) is 2. The van der Waals surface area contributed by atoms with Gasteiger partial charge in [0.05, 0.1) is 11.4 Å². The molecule has 0 aliphatic carbocycles. The summed E-state index contributed by atoms with van der Waals surface area (Å²) in [5.74, 6) is 0.756. The zero-order chi connectivity index (χ0) is 17.7. The van der Waals surface area contributed by atoms with Crippen molar-refractivity contribution in [1.29, 1.82) is 0 Å². The minimum absolute atomic E-state index is 0.0967. The summed E-state index contributed by atoms with van der Waals surface area (Å²) in [6, 6.07) is 7.04. The van der Waals surface area contributed by atoms with Gasteiger partial charge in [-0.15, -0.1) is 12.3 Å². The maximum atomic E-state index is 13.6. The van der Waals surface area contributed by atoms with Gasteiger partial charge in [-0.2, -0.15) is 0 Å². The van der Waals surface area contributed by atoms with E-state index in [1.807, 2.05) is 0 Å². The van der Waals surface area contributed by atoms with Crippen LogP contribution in [0.4, 0.5) is 4.39 Å². The largest absolute Gasteiger partial charge is 0.478 e. The number of aliphatic carboxylic acids is 1. The molecule has 0 spiro atoms. The number of carboxylic acids is 1. The van der Waals surface area contributed by atoms with Crippen molar-refractivity contribution in [2.24, 2.45) is 0 Å². The molecule has 0 radical (unpaired) electrons. The van der Waals surface area contributed by atoms with Crippen LogP contribution in [-0.2, 0) is 4.79 Å². The molecule has 0 fully saturated rings. The van der Waals surface area contributed by atoms with E-state index in [-0.39, 0.29) is 23.1 Å². The number of rotatable bonds is 6. The predicted molar refractivity (Wildman–Crippen MR) is 85.8 cm³/mol. The molecule has 1 N–H and O–H groups in total. The second kappa shape index (κ2) is 7.20. The second-order valence-electron chi connectivity index (χ2n) is 5.03. The number of benzene rings is 1. The highest BCUT2D eigenvalue weighted by Gasteiger charge is 2.34. The first-order chi connectivity index (χ1) is 11.3. The third-order valence-corrected chi connectivity index (χ3v) is 3.25. The van der Waals surface area contributed by atoms with Gasteiger partial charge in [-0.05, 0) is 37.3 Å². The third-order valence-electron chi connectivity index (χ3n) is 3.05. The molecule has 0 bridgehead atoms. The molecule has 0 unspecified atom stereocenters. The van der Waals surface area contributed by atoms with Gasteiger partial charge >= 0.3 is 5.97 Å². The van der Waals surface area contributed by atoms with Gasteiger partial charge in [0.15, 0.2) is 5.82 Å². The first-order valence-corrected chi connectivity index (χ1v) is 7.17. The fraction of sp³-hybridized carbons (Fsp3) is 0.176. The monoisotopic (exact) mass is 349 g/mol. The fourth-order valence-electron chi connectivity index (χ4n) is 1.77. The molecular formula is C17H13ClFNO4. The lowest BCUT2D eigenvalue weighted by Gasteiger charge is -2.24. The van der Waals surface area contributed by atoms with Crippen molar-refractivity contribution < 1.29 is 23.8 Å². The predicted octanol–water partition coefficient (Wildman–Crippen LogP) is 3.91. The summed E-state index contributed by atoms with van der Waals surface area (Å²) < 4.78 is 24.4. The van der Waals surface area contributed by atoms with Crippen molar-refractivity contribution in [3.05, 3.63) is 47.4 Å². The molecule has 0 amide bonds. The van der Waals surface area contributed by atoms with Gasteiger partial charge in [-0.3, -0.25) is 0 Å². The Bertz CT molecular complexity index is 788. The highest BCUT2D eigenvalue weighted by molar-refractivity contribution is 6.30. The van der Waals surface area contributed by atoms with Crippen LogP contribution in [0.25, 0.3) is 0 Å². The topological polar surface area (TPSA) is 68.7 Å². The van der Waals surface area contributed by atoms with E-state index >= 15 is 0 Å². The highest BCUT2D eigenvalue weighted by atomic mass is 35.5. The van der Waals surface area contributed by atoms with Crippen LogP contribution in [0.15, 0.2) is 36.5 Å². The van der Waals surface area contributed by atoms with E-state index in [4.69, 9.17) is 27.5 Å². The molecule has 0 saturated carbocycles. The summed E-state index contributed by atoms with van der Waals surface area (Å²) in [5, 5.41) is 9.38. The smallest absolute Gasteiger partial charge is 0.348 e. The summed E-state index contributed by atoms with van der Waals surface area (Å²) in [4.78, 5) is 15.0. The van der Waals surface area contributed by atoms with E-state index < -0.39 is 17.4 Å². The number of carboxylic acid groups (broad SMARTS) is 1. The average molecular weight is 350 g/mol. The first-order valence-electron chi connectivity index (χ1n) is 6.79. The molecule has 5 nitrogen and oxygen atoms in total. The van der Waals surface area contributed by atoms with Gasteiger partial charge in [0.2, 0.25) is 5.60 Å². The van der Waals surface area contributed by atoms with Crippen molar-refractivity contribution in [3.8, 4) is 29.7 Å². The minimum atomic E-state index is -1.54. The van der Waals surface area contributed by atoms with Crippen LogP contribution >= 0.6 is 11.6 Å². The summed E-state index contributed by atoms with van der Waals surface area (Å²) >= 11 is 5.62. The number of terminal acetylenes is 1. The van der Waals surface area contributed by atoms with Crippen LogP contribution in [0.5, 0.6) is 17.4 Å². The Morgan fingerprint density at radius 1 is 1.42 bits per heavy atom. The van der Waals surface area contributed by atoms with E-state index in [1.165, 1.54) is 37.4 Å². The summed E-state index contributed by atoms with van der Waals surface area (Å²) in [7, 11) is 0. The molecule has 124 valence electrons. The van der Waals surface area contributed by atoms with Gasteiger partial charge in [0.1, 0.15) is 11.5 Å². The Kier molecular flexibility index (Phi) is 5.27. The SMILES string of the molecule is C#CC[C@@](C)(Oc1ccc(Oc2ncc(Cl)cc2F)cc1)C(=O)O. The maximum Gasteiger partial charge on any atom is 0.348 e. The second-order valence-corrected chi connectivity index (χ2v) is 5.47. The van der Waals surface area contributed by atoms with Crippen LogP contribution in [0.2, 0.25) is 5.02 Å². The van der Waals surface area contributed by atoms with Crippen molar-refractivity contribution in [2.75, 3.05) is 0 Å². The molecule has 0 aliphatic rings. The zero-order valence-electron chi connectivity index (χ0n) is 12.6. The summed E-state index contributed by atoms with van der Waals surface area (Å²) in [5.41, 5.74) is -1.54. The van der Waals surface area contributed by atoms with Crippen LogP contribution in [0.3, 0.4) is 0 Å². The lowest BCUT2D eigenvalue weighted by atomic mass is 10.0. The fourth-order valence-corrected chi connectivity index (χ4v) is 1.92. The molecule has 1 heterocycles. The van der Waals surface area contributed by atoms with Gasteiger partial charge in [-0.1, -0.05) is 11.6 Å². The van der Waals surface area contributed by atoms with E-state index in [2.05, 4.69) is 10.9 Å². The number of nitrogens with zero attached hydrogens (tertiary/aromatic N) is 1. The van der Waals surface area contributed by atoms with E-state index in [9.17, 15) is 14.3 Å². The lowest BCUT2D eigenvalue weighted by molar-refractivity contribution is -0.153. The summed E-state index contributed by atoms with van der Waals surface area (Å²) in [6.45, 7) is 1.38. The van der Waals surface area contributed by atoms with E-state index in [0.717, 1.165) is 6.07 Å². The van der Waals surface area contributed by atoms with Crippen LogP contribution in [-0.4, -0.2) is 21.7 Å². The van der Waals surface area contributed by atoms with Gasteiger partial charge in [0, 0.05) is 6.20 Å². The van der Waals surface area contributed by atoms with Crippen LogP contribution in [0.1, 0.15) is 13.3 Å². The number of carbonyl (C=O) groups is 1. The lowest BCUT2D eigenvalue weighted by Crippen LogP contribution is -2.41. The molecule has 1 aromatic carbocycles. The van der Waals surface area contributed by atoms with Gasteiger partial charge in [0.25, 0.3) is 5.88 Å². The number of pyridine rings is 1. The molecule has 2 aromatic rings. The molecule has 2 rings (SSSR count). The van der Waals surface area contributed by atoms with Gasteiger partial charge in [-0.25, -0.2) is 14.2 Å². The zero-order valence-corrected chi connectivity index (χ0v) is 13.4. The normalized spacial score (nSPS) is 12.8. The number of hydrogen-bond donors (Lipinski definition) is 1. The minimum Gasteiger partial charge on any atom is -0.478 e. The number of hydrogen-bond acceptors (Lipinski definition) is 4. The molecule has 7 heteroatoms. The van der Waals surface area contributed by atoms with E-state index in [0.29, 0.717) is 5.75 Å². The first kappa shape index (κ1) is 17.6. The van der Waals surface area contributed by atoms with Crippen molar-refractivity contribution >= 4 is 17.6 Å². The number of aromatic nitrogens is 1. The van der Waals surface area contributed by atoms with Crippen molar-refractivity contribution in [2.45, 2.75) is 18.9 Å². The quantitative estimate of drug-likeness (QED) is 0.801. The van der Waals surface area contributed by atoms with Crippen molar-refractivity contribution in [1.82, 2.24) is 4.98 Å². The van der Waals surface area contributed by atoms with Gasteiger partial charge < -0.3 is 14.6 Å². The Balaban J connectivity index is 2.13. The molecular weight excluding hydrogens is 337 g/mol. The van der Waals surface area contributed by atoms with Crippen molar-refractivity contribution in [3.63, 3.8) is 0 Å². The standard InChI is InChI=1S/C17H13ClFNO4/c1-3-8-17(2,16(21)22)24-13-6-4-12(5-7-13)23-15-14(19)9-11(18)10-20-15/h1,4-7,9-10H,8H2,2H3,(H,21,22)/t17-/m1/s1.